The molecule has 0 bridgehead atoms. The third-order valence-electron chi connectivity index (χ3n) is 5.35. The van der Waals surface area contributed by atoms with Gasteiger partial charge in [0.25, 0.3) is 0 Å². The summed E-state index contributed by atoms with van der Waals surface area (Å²) in [6.07, 6.45) is 8.56. The highest BCUT2D eigenvalue weighted by molar-refractivity contribution is 7.80. The van der Waals surface area contributed by atoms with Crippen molar-refractivity contribution in [1.29, 1.82) is 0 Å². The second kappa shape index (κ2) is 5.72. The van der Waals surface area contributed by atoms with E-state index in [1.807, 2.05) is 0 Å². The lowest BCUT2D eigenvalue weighted by Crippen LogP contribution is -2.51. The van der Waals surface area contributed by atoms with Crippen LogP contribution in [-0.2, 0) is 0 Å². The largest absolute Gasteiger partial charge is 0.298 e. The van der Waals surface area contributed by atoms with Gasteiger partial charge in [-0.05, 0) is 44.4 Å². The topological polar surface area (TPSA) is 6.48 Å². The van der Waals surface area contributed by atoms with E-state index in [9.17, 15) is 0 Å². The third-order valence-corrected chi connectivity index (χ3v) is 5.77. The molecule has 1 heterocycles. The van der Waals surface area contributed by atoms with E-state index >= 15 is 0 Å². The fraction of sp³-hybridized carbons (Fsp3) is 1.00. The fourth-order valence-corrected chi connectivity index (χ4v) is 4.15. The van der Waals surface area contributed by atoms with Crippen molar-refractivity contribution < 1.29 is 0 Å². The van der Waals surface area contributed by atoms with Gasteiger partial charge in [0.1, 0.15) is 0 Å². The second-order valence-electron chi connectivity index (χ2n) is 6.61. The van der Waals surface area contributed by atoms with Gasteiger partial charge in [-0.3, -0.25) is 9.80 Å². The normalized spacial score (nSPS) is 37.7. The van der Waals surface area contributed by atoms with Crippen molar-refractivity contribution >= 4 is 12.6 Å². The monoisotopic (exact) mass is 268 g/mol. The van der Waals surface area contributed by atoms with Crippen molar-refractivity contribution in [3.63, 3.8) is 0 Å². The molecule has 0 amide bonds. The van der Waals surface area contributed by atoms with Crippen LogP contribution in [0.25, 0.3) is 0 Å². The van der Waals surface area contributed by atoms with Gasteiger partial charge in [0, 0.05) is 43.5 Å². The first-order valence-electron chi connectivity index (χ1n) is 7.90. The molecule has 1 aliphatic heterocycles. The van der Waals surface area contributed by atoms with Crippen LogP contribution in [0.1, 0.15) is 45.4 Å². The van der Waals surface area contributed by atoms with Crippen molar-refractivity contribution in [2.45, 2.75) is 62.8 Å². The van der Waals surface area contributed by atoms with Gasteiger partial charge in [0.15, 0.2) is 0 Å². The van der Waals surface area contributed by atoms with Gasteiger partial charge in [-0.1, -0.05) is 6.92 Å². The van der Waals surface area contributed by atoms with E-state index in [1.165, 1.54) is 64.7 Å². The molecule has 1 unspecified atom stereocenters. The molecule has 0 aromatic rings. The molecule has 2 saturated carbocycles. The molecular weight excluding hydrogens is 240 g/mol. The van der Waals surface area contributed by atoms with Crippen LogP contribution in [0.15, 0.2) is 0 Å². The Kier molecular flexibility index (Phi) is 4.21. The summed E-state index contributed by atoms with van der Waals surface area (Å²) in [4.78, 5) is 5.50. The zero-order valence-corrected chi connectivity index (χ0v) is 12.6. The molecule has 0 aromatic heterocycles. The second-order valence-corrected chi connectivity index (χ2v) is 7.43. The molecule has 2 nitrogen and oxygen atoms in total. The molecular formula is C15H28N2S. The van der Waals surface area contributed by atoms with E-state index in [4.69, 9.17) is 0 Å². The number of hydrogen-bond acceptors (Lipinski definition) is 3. The molecule has 0 N–H and O–H groups in total. The Labute approximate surface area is 118 Å². The van der Waals surface area contributed by atoms with Crippen LogP contribution in [0.2, 0.25) is 0 Å². The van der Waals surface area contributed by atoms with Crippen molar-refractivity contribution in [2.75, 3.05) is 26.2 Å². The molecule has 3 rings (SSSR count). The maximum absolute atomic E-state index is 4.62. The maximum atomic E-state index is 4.62. The Bertz CT molecular complexity index is 242. The van der Waals surface area contributed by atoms with Crippen LogP contribution in [0.4, 0.5) is 0 Å². The average molecular weight is 268 g/mol. The predicted octanol–water partition coefficient (Wildman–Crippen LogP) is 2.64. The van der Waals surface area contributed by atoms with Crippen LogP contribution in [-0.4, -0.2) is 53.3 Å². The zero-order valence-electron chi connectivity index (χ0n) is 11.7. The Morgan fingerprint density at radius 1 is 0.778 bits per heavy atom. The van der Waals surface area contributed by atoms with E-state index in [1.54, 1.807) is 0 Å². The average Bonchev–Trinajstić information content (AvgIpc) is 3.23. The summed E-state index contributed by atoms with van der Waals surface area (Å²) in [5, 5.41) is 0.595. The molecule has 104 valence electrons. The number of hydrogen-bond donors (Lipinski definition) is 1. The SMILES string of the molecule is CC(S)[C@H]1CC[C@H](N2CCN(C3CC3)CC2)CC1. The first kappa shape index (κ1) is 13.3. The summed E-state index contributed by atoms with van der Waals surface area (Å²) in [7, 11) is 0. The van der Waals surface area contributed by atoms with E-state index in [0.29, 0.717) is 5.25 Å². The van der Waals surface area contributed by atoms with E-state index < -0.39 is 0 Å². The van der Waals surface area contributed by atoms with Crippen LogP contribution in [0.5, 0.6) is 0 Å². The Hall–Kier alpha value is 0.270. The number of piperazine rings is 1. The van der Waals surface area contributed by atoms with E-state index in [0.717, 1.165) is 18.0 Å². The molecule has 1 saturated heterocycles. The molecule has 1 atom stereocenters. The molecule has 3 fully saturated rings. The first-order valence-corrected chi connectivity index (χ1v) is 8.42. The summed E-state index contributed by atoms with van der Waals surface area (Å²) >= 11 is 4.62. The lowest BCUT2D eigenvalue weighted by Gasteiger charge is -2.42. The van der Waals surface area contributed by atoms with Gasteiger partial charge in [0.2, 0.25) is 0 Å². The van der Waals surface area contributed by atoms with Crippen molar-refractivity contribution in [3.8, 4) is 0 Å². The number of nitrogens with zero attached hydrogens (tertiary/aromatic N) is 2. The van der Waals surface area contributed by atoms with Crippen LogP contribution in [0.3, 0.4) is 0 Å². The molecule has 0 spiro atoms. The number of thiol groups is 1. The van der Waals surface area contributed by atoms with Gasteiger partial charge in [-0.2, -0.15) is 12.6 Å². The Morgan fingerprint density at radius 2 is 1.17 bits per heavy atom. The minimum absolute atomic E-state index is 0.595. The van der Waals surface area contributed by atoms with Gasteiger partial charge in [-0.15, -0.1) is 0 Å². The van der Waals surface area contributed by atoms with Crippen molar-refractivity contribution in [1.82, 2.24) is 9.80 Å². The highest BCUT2D eigenvalue weighted by Crippen LogP contribution is 2.33. The minimum atomic E-state index is 0.595. The molecule has 18 heavy (non-hydrogen) atoms. The highest BCUT2D eigenvalue weighted by Gasteiger charge is 2.34. The van der Waals surface area contributed by atoms with Crippen molar-refractivity contribution in [2.24, 2.45) is 5.92 Å². The quantitative estimate of drug-likeness (QED) is 0.786. The summed E-state index contributed by atoms with van der Waals surface area (Å²) in [6, 6.07) is 1.85. The standard InChI is InChI=1S/C15H28N2S/c1-12(18)13-2-4-14(5-3-13)16-8-10-17(11-9-16)15-6-7-15/h12-15,18H,2-11H2,1H3/t12?,13-,14-. The zero-order chi connectivity index (χ0) is 12.5. The van der Waals surface area contributed by atoms with Gasteiger partial charge in [0.05, 0.1) is 0 Å². The van der Waals surface area contributed by atoms with Crippen LogP contribution >= 0.6 is 12.6 Å². The molecule has 3 heteroatoms. The lowest BCUT2D eigenvalue weighted by atomic mass is 9.83. The number of rotatable bonds is 3. The molecule has 0 radical (unpaired) electrons. The summed E-state index contributed by atoms with van der Waals surface area (Å²) < 4.78 is 0. The van der Waals surface area contributed by atoms with E-state index in [-0.39, 0.29) is 0 Å². The highest BCUT2D eigenvalue weighted by atomic mass is 32.1. The predicted molar refractivity (Wildman–Crippen MR) is 80.4 cm³/mol. The van der Waals surface area contributed by atoms with E-state index in [2.05, 4.69) is 29.4 Å². The van der Waals surface area contributed by atoms with Crippen molar-refractivity contribution in [3.05, 3.63) is 0 Å². The third kappa shape index (κ3) is 3.05. The van der Waals surface area contributed by atoms with Gasteiger partial charge >= 0.3 is 0 Å². The summed E-state index contributed by atoms with van der Waals surface area (Å²) in [5.41, 5.74) is 0. The first-order chi connectivity index (χ1) is 8.74. The fourth-order valence-electron chi connectivity index (χ4n) is 3.86. The molecule has 2 aliphatic carbocycles. The van der Waals surface area contributed by atoms with Gasteiger partial charge in [-0.25, -0.2) is 0 Å². The van der Waals surface area contributed by atoms with Crippen LogP contribution < -0.4 is 0 Å². The Balaban J connectivity index is 1.43. The maximum Gasteiger partial charge on any atom is 0.0113 e. The molecule has 0 aromatic carbocycles. The molecule has 3 aliphatic rings. The smallest absolute Gasteiger partial charge is 0.0113 e. The lowest BCUT2D eigenvalue weighted by molar-refractivity contribution is 0.0673. The minimum Gasteiger partial charge on any atom is -0.298 e. The Morgan fingerprint density at radius 3 is 1.50 bits per heavy atom. The van der Waals surface area contributed by atoms with Crippen LogP contribution in [0, 0.1) is 5.92 Å². The summed E-state index contributed by atoms with van der Waals surface area (Å²) in [6.45, 7) is 7.56. The van der Waals surface area contributed by atoms with Gasteiger partial charge < -0.3 is 0 Å². The summed E-state index contributed by atoms with van der Waals surface area (Å²) in [5.74, 6) is 0.873.